The summed E-state index contributed by atoms with van der Waals surface area (Å²) >= 11 is 0. The lowest BCUT2D eigenvalue weighted by Crippen LogP contribution is -2.55. The SMILES string of the molecule is CC(C)CN1Cc2ccccc2-n2ccnc2C12CCN(C(=O)c1ccn[nH]1)CC2. The zero-order valence-corrected chi connectivity index (χ0v) is 17.6. The number of aromatic amines is 1. The average molecular weight is 405 g/mol. The Kier molecular flexibility index (Phi) is 4.70. The van der Waals surface area contributed by atoms with Crippen LogP contribution >= 0.6 is 0 Å². The molecule has 1 aromatic carbocycles. The predicted molar refractivity (Wildman–Crippen MR) is 114 cm³/mol. The maximum atomic E-state index is 12.9. The van der Waals surface area contributed by atoms with E-state index in [9.17, 15) is 4.79 Å². The summed E-state index contributed by atoms with van der Waals surface area (Å²) in [7, 11) is 0. The molecule has 0 radical (unpaired) electrons. The van der Waals surface area contributed by atoms with Gasteiger partial charge in [0, 0.05) is 44.8 Å². The van der Waals surface area contributed by atoms with E-state index >= 15 is 0 Å². The number of likely N-dealkylation sites (tertiary alicyclic amines) is 1. The first-order chi connectivity index (χ1) is 14.6. The molecule has 0 atom stereocenters. The summed E-state index contributed by atoms with van der Waals surface area (Å²) in [5.41, 5.74) is 2.91. The number of benzene rings is 1. The van der Waals surface area contributed by atoms with Gasteiger partial charge in [-0.05, 0) is 36.5 Å². The van der Waals surface area contributed by atoms with E-state index in [0.29, 0.717) is 24.7 Å². The molecule has 2 aliphatic rings. The average Bonchev–Trinajstić information content (AvgIpc) is 3.44. The van der Waals surface area contributed by atoms with Crippen molar-refractivity contribution in [2.45, 2.75) is 38.8 Å². The van der Waals surface area contributed by atoms with E-state index in [4.69, 9.17) is 4.98 Å². The largest absolute Gasteiger partial charge is 0.337 e. The van der Waals surface area contributed by atoms with Gasteiger partial charge < -0.3 is 9.47 Å². The number of rotatable bonds is 3. The highest BCUT2D eigenvalue weighted by Crippen LogP contribution is 2.43. The molecule has 5 rings (SSSR count). The van der Waals surface area contributed by atoms with Crippen molar-refractivity contribution >= 4 is 5.91 Å². The Morgan fingerprint density at radius 1 is 1.17 bits per heavy atom. The summed E-state index contributed by atoms with van der Waals surface area (Å²) in [6, 6.07) is 10.4. The second-order valence-electron chi connectivity index (χ2n) is 8.82. The van der Waals surface area contributed by atoms with Crippen molar-refractivity contribution < 1.29 is 4.79 Å². The first-order valence-electron chi connectivity index (χ1n) is 10.7. The molecule has 1 N–H and O–H groups in total. The summed E-state index contributed by atoms with van der Waals surface area (Å²) in [6.07, 6.45) is 7.35. The van der Waals surface area contributed by atoms with Crippen LogP contribution in [0.5, 0.6) is 0 Å². The fraction of sp³-hybridized carbons (Fsp3) is 0.435. The summed E-state index contributed by atoms with van der Waals surface area (Å²) in [5.74, 6) is 1.67. The van der Waals surface area contributed by atoms with Gasteiger partial charge in [0.2, 0.25) is 0 Å². The second kappa shape index (κ2) is 7.40. The molecule has 0 unspecified atom stereocenters. The molecule has 1 amide bonds. The standard InChI is InChI=1S/C23H28N6O/c1-17(2)15-28-16-18-5-3-4-6-20(18)29-14-11-24-22(29)23(28)8-12-27(13-9-23)21(30)19-7-10-25-26-19/h3-7,10-11,14,17H,8-9,12-13,15-16H2,1-2H3,(H,25,26). The molecule has 0 aliphatic carbocycles. The smallest absolute Gasteiger partial charge is 0.271 e. The lowest BCUT2D eigenvalue weighted by molar-refractivity contribution is 0.000625. The molecule has 1 saturated heterocycles. The zero-order valence-electron chi connectivity index (χ0n) is 17.6. The number of carbonyl (C=O) groups excluding carboxylic acids is 1. The minimum Gasteiger partial charge on any atom is -0.337 e. The molecule has 2 aliphatic heterocycles. The molecule has 1 fully saturated rings. The number of para-hydroxylation sites is 1. The number of H-pyrrole nitrogens is 1. The number of amides is 1. The van der Waals surface area contributed by atoms with Crippen LogP contribution in [-0.2, 0) is 12.1 Å². The van der Waals surface area contributed by atoms with Gasteiger partial charge in [0.25, 0.3) is 5.91 Å². The molecular formula is C23H28N6O. The van der Waals surface area contributed by atoms with Gasteiger partial charge in [-0.2, -0.15) is 5.10 Å². The van der Waals surface area contributed by atoms with E-state index in [1.165, 1.54) is 11.3 Å². The van der Waals surface area contributed by atoms with Crippen LogP contribution in [-0.4, -0.2) is 55.1 Å². The third-order valence-electron chi connectivity index (χ3n) is 6.47. The van der Waals surface area contributed by atoms with Crippen LogP contribution in [0.2, 0.25) is 0 Å². The number of nitrogens with one attached hydrogen (secondary N) is 1. The third-order valence-corrected chi connectivity index (χ3v) is 6.47. The third kappa shape index (κ3) is 3.04. The van der Waals surface area contributed by atoms with Crippen LogP contribution in [0.25, 0.3) is 5.69 Å². The molecule has 0 bridgehead atoms. The summed E-state index contributed by atoms with van der Waals surface area (Å²) in [5, 5.41) is 6.74. The van der Waals surface area contributed by atoms with Gasteiger partial charge in [0.1, 0.15) is 11.5 Å². The van der Waals surface area contributed by atoms with Crippen molar-refractivity contribution in [2.75, 3.05) is 19.6 Å². The fourth-order valence-corrected chi connectivity index (χ4v) is 5.07. The highest BCUT2D eigenvalue weighted by Gasteiger charge is 2.47. The molecule has 7 nitrogen and oxygen atoms in total. The van der Waals surface area contributed by atoms with Crippen molar-refractivity contribution in [3.05, 3.63) is 66.0 Å². The van der Waals surface area contributed by atoms with E-state index in [1.807, 2.05) is 11.1 Å². The van der Waals surface area contributed by atoms with E-state index in [2.05, 4.69) is 64.0 Å². The first kappa shape index (κ1) is 19.1. The van der Waals surface area contributed by atoms with Crippen LogP contribution in [0.4, 0.5) is 0 Å². The minimum atomic E-state index is -0.183. The summed E-state index contributed by atoms with van der Waals surface area (Å²) < 4.78 is 2.27. The molecule has 1 spiro atoms. The van der Waals surface area contributed by atoms with Crippen molar-refractivity contribution in [2.24, 2.45) is 5.92 Å². The van der Waals surface area contributed by atoms with E-state index in [1.54, 1.807) is 12.3 Å². The fourth-order valence-electron chi connectivity index (χ4n) is 5.07. The number of aromatic nitrogens is 4. The van der Waals surface area contributed by atoms with E-state index in [-0.39, 0.29) is 11.4 Å². The predicted octanol–water partition coefficient (Wildman–Crippen LogP) is 3.20. The highest BCUT2D eigenvalue weighted by molar-refractivity contribution is 5.92. The Hall–Kier alpha value is -2.93. The van der Waals surface area contributed by atoms with Crippen molar-refractivity contribution in [1.82, 2.24) is 29.5 Å². The van der Waals surface area contributed by atoms with E-state index < -0.39 is 0 Å². The number of piperidine rings is 1. The Morgan fingerprint density at radius 2 is 1.97 bits per heavy atom. The molecule has 156 valence electrons. The van der Waals surface area contributed by atoms with Gasteiger partial charge in [-0.25, -0.2) is 4.98 Å². The number of imidazole rings is 1. The van der Waals surface area contributed by atoms with Crippen LogP contribution in [0.3, 0.4) is 0 Å². The van der Waals surface area contributed by atoms with Crippen LogP contribution in [0.15, 0.2) is 48.9 Å². The number of nitrogens with zero attached hydrogens (tertiary/aromatic N) is 5. The van der Waals surface area contributed by atoms with Gasteiger partial charge in [0.05, 0.1) is 11.2 Å². The quantitative estimate of drug-likeness (QED) is 0.728. The second-order valence-corrected chi connectivity index (χ2v) is 8.82. The lowest BCUT2D eigenvalue weighted by Gasteiger charge is -2.48. The molecular weight excluding hydrogens is 376 g/mol. The maximum Gasteiger partial charge on any atom is 0.271 e. The molecule has 4 heterocycles. The summed E-state index contributed by atoms with van der Waals surface area (Å²) in [6.45, 7) is 7.84. The van der Waals surface area contributed by atoms with Gasteiger partial charge in [0.15, 0.2) is 0 Å². The van der Waals surface area contributed by atoms with Crippen LogP contribution in [0, 0.1) is 5.92 Å². The first-order valence-corrected chi connectivity index (χ1v) is 10.7. The van der Waals surface area contributed by atoms with Gasteiger partial charge in [-0.15, -0.1) is 0 Å². The summed E-state index contributed by atoms with van der Waals surface area (Å²) in [4.78, 5) is 22.3. The molecule has 3 aromatic rings. The molecule has 2 aromatic heterocycles. The van der Waals surface area contributed by atoms with Gasteiger partial charge >= 0.3 is 0 Å². The monoisotopic (exact) mass is 404 g/mol. The number of fused-ring (bicyclic) bond motifs is 4. The number of hydrogen-bond donors (Lipinski definition) is 1. The Morgan fingerprint density at radius 3 is 2.70 bits per heavy atom. The Balaban J connectivity index is 1.52. The van der Waals surface area contributed by atoms with Gasteiger partial charge in [-0.3, -0.25) is 14.8 Å². The zero-order chi connectivity index (χ0) is 20.7. The highest BCUT2D eigenvalue weighted by atomic mass is 16.2. The normalized spacial score (nSPS) is 18.3. The molecule has 0 saturated carbocycles. The molecule has 7 heteroatoms. The van der Waals surface area contributed by atoms with Gasteiger partial charge in [-0.1, -0.05) is 32.0 Å². The topological polar surface area (TPSA) is 70.1 Å². The van der Waals surface area contributed by atoms with Crippen molar-refractivity contribution in [1.29, 1.82) is 0 Å². The van der Waals surface area contributed by atoms with Crippen molar-refractivity contribution in [3.8, 4) is 5.69 Å². The maximum absolute atomic E-state index is 12.9. The van der Waals surface area contributed by atoms with Crippen LogP contribution < -0.4 is 0 Å². The van der Waals surface area contributed by atoms with E-state index in [0.717, 1.165) is 31.8 Å². The lowest BCUT2D eigenvalue weighted by atomic mass is 9.83. The van der Waals surface area contributed by atoms with Crippen LogP contribution in [0.1, 0.15) is 48.6 Å². The Labute approximate surface area is 176 Å². The minimum absolute atomic E-state index is 0.0259. The number of carbonyl (C=O) groups is 1. The molecule has 30 heavy (non-hydrogen) atoms. The number of hydrogen-bond acceptors (Lipinski definition) is 4. The van der Waals surface area contributed by atoms with Crippen molar-refractivity contribution in [3.63, 3.8) is 0 Å². The Bertz CT molecular complexity index is 1030.